The fourth-order valence-corrected chi connectivity index (χ4v) is 3.39. The summed E-state index contributed by atoms with van der Waals surface area (Å²) < 4.78 is 33.1. The van der Waals surface area contributed by atoms with E-state index in [0.717, 1.165) is 0 Å². The molecule has 0 spiro atoms. The molecule has 64 valence electrons. The fraction of sp³-hybridized carbons (Fsp3) is 0.833. The van der Waals surface area contributed by atoms with E-state index >= 15 is 0 Å². The Morgan fingerprint density at radius 3 is 2.27 bits per heavy atom. The lowest BCUT2D eigenvalue weighted by molar-refractivity contribution is -0.115. The zero-order chi connectivity index (χ0) is 8.54. The van der Waals surface area contributed by atoms with E-state index in [0.29, 0.717) is 6.29 Å². The first-order chi connectivity index (χ1) is 5.04. The highest BCUT2D eigenvalue weighted by Gasteiger charge is 2.48. The van der Waals surface area contributed by atoms with E-state index in [-0.39, 0.29) is 17.9 Å². The minimum atomic E-state index is -3.02. The minimum Gasteiger partial charge on any atom is -0.303 e. The fourth-order valence-electron chi connectivity index (χ4n) is 1.29. The van der Waals surface area contributed by atoms with Crippen LogP contribution in [0.3, 0.4) is 0 Å². The van der Waals surface area contributed by atoms with E-state index < -0.39 is 21.9 Å². The molecule has 3 nitrogen and oxygen atoms in total. The Morgan fingerprint density at radius 2 is 2.00 bits per heavy atom. The topological polar surface area (TPSA) is 51.2 Å². The average molecular weight is 180 g/mol. The predicted octanol–water partition coefficient (Wildman–Crippen LogP) is -0.0403. The first-order valence-corrected chi connectivity index (χ1v) is 5.08. The maximum absolute atomic E-state index is 11.8. The summed E-state index contributed by atoms with van der Waals surface area (Å²) in [5.74, 6) is -0.346. The van der Waals surface area contributed by atoms with E-state index in [1.807, 2.05) is 0 Å². The van der Waals surface area contributed by atoms with E-state index in [2.05, 4.69) is 0 Å². The predicted molar refractivity (Wildman–Crippen MR) is 37.7 cm³/mol. The quantitative estimate of drug-likeness (QED) is 0.572. The van der Waals surface area contributed by atoms with Crippen LogP contribution in [-0.2, 0) is 14.6 Å². The summed E-state index contributed by atoms with van der Waals surface area (Å²) >= 11 is 0. The second-order valence-corrected chi connectivity index (χ2v) is 5.02. The molecule has 1 heterocycles. The molecule has 0 amide bonds. The summed E-state index contributed by atoms with van der Waals surface area (Å²) in [6, 6.07) is 0. The average Bonchev–Trinajstić information content (AvgIpc) is 1.84. The molecule has 0 atom stereocenters. The largest absolute Gasteiger partial charge is 0.303 e. The first kappa shape index (κ1) is 8.64. The third kappa shape index (κ3) is 1.58. The molecule has 0 saturated carbocycles. The molecule has 1 fully saturated rings. The summed E-state index contributed by atoms with van der Waals surface area (Å²) in [5.41, 5.74) is -0.895. The van der Waals surface area contributed by atoms with Crippen LogP contribution >= 0.6 is 0 Å². The van der Waals surface area contributed by atoms with Crippen molar-refractivity contribution in [1.29, 1.82) is 0 Å². The van der Waals surface area contributed by atoms with Crippen molar-refractivity contribution in [2.75, 3.05) is 18.2 Å². The normalized spacial score (nSPS) is 25.5. The van der Waals surface area contributed by atoms with Crippen molar-refractivity contribution in [3.63, 3.8) is 0 Å². The van der Waals surface area contributed by atoms with Crippen molar-refractivity contribution in [3.05, 3.63) is 0 Å². The van der Waals surface area contributed by atoms with Gasteiger partial charge in [0.05, 0.1) is 23.6 Å². The lowest BCUT2D eigenvalue weighted by atomic mass is 9.90. The number of rotatable bonds is 3. The number of carbonyl (C=O) groups excluding carboxylic acids is 1. The zero-order valence-electron chi connectivity index (χ0n) is 5.92. The monoisotopic (exact) mass is 180 g/mol. The van der Waals surface area contributed by atoms with Gasteiger partial charge in [-0.2, -0.15) is 0 Å². The zero-order valence-corrected chi connectivity index (χ0v) is 6.73. The Hall–Kier alpha value is -0.450. The third-order valence-electron chi connectivity index (χ3n) is 1.86. The molecule has 1 aliphatic rings. The number of hydrogen-bond acceptors (Lipinski definition) is 3. The second kappa shape index (κ2) is 2.55. The van der Waals surface area contributed by atoms with Gasteiger partial charge in [-0.25, -0.2) is 8.42 Å². The van der Waals surface area contributed by atoms with E-state index in [9.17, 15) is 17.6 Å². The van der Waals surface area contributed by atoms with E-state index in [1.54, 1.807) is 0 Å². The molecule has 0 unspecified atom stereocenters. The van der Waals surface area contributed by atoms with Crippen LogP contribution in [0.4, 0.5) is 4.39 Å². The van der Waals surface area contributed by atoms with Crippen LogP contribution in [0.25, 0.3) is 0 Å². The number of alkyl halides is 1. The molecule has 0 aromatic rings. The number of sulfone groups is 1. The van der Waals surface area contributed by atoms with E-state index in [4.69, 9.17) is 0 Å². The van der Waals surface area contributed by atoms with Crippen LogP contribution < -0.4 is 0 Å². The molecule has 0 aromatic heterocycles. The number of hydrogen-bond donors (Lipinski definition) is 0. The molecule has 0 aliphatic carbocycles. The van der Waals surface area contributed by atoms with Gasteiger partial charge in [-0.05, 0) is 6.42 Å². The van der Waals surface area contributed by atoms with Gasteiger partial charge in [-0.15, -0.1) is 0 Å². The molecule has 0 N–H and O–H groups in total. The maximum atomic E-state index is 11.8. The van der Waals surface area contributed by atoms with Crippen LogP contribution in [0.1, 0.15) is 6.42 Å². The highest BCUT2D eigenvalue weighted by Crippen LogP contribution is 2.33. The van der Waals surface area contributed by atoms with Crippen LogP contribution in [0.15, 0.2) is 0 Å². The van der Waals surface area contributed by atoms with Crippen molar-refractivity contribution in [2.24, 2.45) is 5.41 Å². The minimum absolute atomic E-state index is 0.0374. The molecule has 1 aliphatic heterocycles. The Labute approximate surface area is 64.5 Å². The molecule has 1 rings (SSSR count). The molecule has 11 heavy (non-hydrogen) atoms. The van der Waals surface area contributed by atoms with Crippen molar-refractivity contribution in [2.45, 2.75) is 6.42 Å². The van der Waals surface area contributed by atoms with Gasteiger partial charge in [-0.1, -0.05) is 0 Å². The Balaban J connectivity index is 2.64. The molecule has 0 aromatic carbocycles. The van der Waals surface area contributed by atoms with E-state index in [1.165, 1.54) is 0 Å². The molecular weight excluding hydrogens is 171 g/mol. The van der Waals surface area contributed by atoms with Gasteiger partial charge in [0.25, 0.3) is 0 Å². The van der Waals surface area contributed by atoms with Crippen molar-refractivity contribution in [3.8, 4) is 0 Å². The Bertz CT molecular complexity index is 245. The summed E-state index contributed by atoms with van der Waals surface area (Å²) in [7, 11) is -3.02. The smallest absolute Gasteiger partial charge is 0.152 e. The van der Waals surface area contributed by atoms with Gasteiger partial charge in [-0.3, -0.25) is 4.39 Å². The molecular formula is C6H9FO3S. The highest BCUT2D eigenvalue weighted by atomic mass is 32.2. The first-order valence-electron chi connectivity index (χ1n) is 3.26. The molecule has 5 heteroatoms. The van der Waals surface area contributed by atoms with Gasteiger partial charge in [0.15, 0.2) is 9.84 Å². The lowest BCUT2D eigenvalue weighted by Gasteiger charge is -2.34. The Morgan fingerprint density at radius 1 is 1.45 bits per heavy atom. The summed E-state index contributed by atoms with van der Waals surface area (Å²) in [6.07, 6.45) is 0.601. The highest BCUT2D eigenvalue weighted by molar-refractivity contribution is 7.93. The molecule has 0 radical (unpaired) electrons. The Kier molecular flexibility index (Phi) is 2.00. The third-order valence-corrected chi connectivity index (χ3v) is 3.89. The van der Waals surface area contributed by atoms with Crippen molar-refractivity contribution in [1.82, 2.24) is 0 Å². The standard InChI is InChI=1S/C6H9FO3S/c7-2-1-6(3-8)4-11(9,10)5-6/h3H,1-2,4-5H2. The van der Waals surface area contributed by atoms with Crippen LogP contribution in [-0.4, -0.2) is 32.9 Å². The van der Waals surface area contributed by atoms with Gasteiger partial charge in [0.1, 0.15) is 6.29 Å². The molecule has 1 saturated heterocycles. The van der Waals surface area contributed by atoms with Crippen LogP contribution in [0.2, 0.25) is 0 Å². The number of carbonyl (C=O) groups is 1. The molecule has 0 bridgehead atoms. The van der Waals surface area contributed by atoms with Gasteiger partial charge < -0.3 is 4.79 Å². The number of halogens is 1. The lowest BCUT2D eigenvalue weighted by Crippen LogP contribution is -2.49. The maximum Gasteiger partial charge on any atom is 0.152 e. The van der Waals surface area contributed by atoms with Crippen molar-refractivity contribution >= 4 is 16.1 Å². The summed E-state index contributed by atoms with van der Waals surface area (Å²) in [6.45, 7) is -0.631. The van der Waals surface area contributed by atoms with Gasteiger partial charge in [0, 0.05) is 0 Å². The van der Waals surface area contributed by atoms with Gasteiger partial charge >= 0.3 is 0 Å². The number of aldehydes is 1. The van der Waals surface area contributed by atoms with Crippen LogP contribution in [0.5, 0.6) is 0 Å². The van der Waals surface area contributed by atoms with Crippen LogP contribution in [0, 0.1) is 5.41 Å². The summed E-state index contributed by atoms with van der Waals surface area (Å²) in [4.78, 5) is 10.4. The van der Waals surface area contributed by atoms with Crippen molar-refractivity contribution < 1.29 is 17.6 Å². The summed E-state index contributed by atoms with van der Waals surface area (Å²) in [5, 5.41) is 0. The van der Waals surface area contributed by atoms with Gasteiger partial charge in [0.2, 0.25) is 0 Å². The second-order valence-electron chi connectivity index (χ2n) is 2.95. The SMILES string of the molecule is O=CC1(CCF)CS(=O)(=O)C1.